The first-order valence-corrected chi connectivity index (χ1v) is 11.8. The van der Waals surface area contributed by atoms with E-state index in [4.69, 9.17) is 4.98 Å². The van der Waals surface area contributed by atoms with Gasteiger partial charge in [0.2, 0.25) is 5.91 Å². The first-order chi connectivity index (χ1) is 15.9. The van der Waals surface area contributed by atoms with Crippen LogP contribution < -0.4 is 10.2 Å². The highest BCUT2D eigenvalue weighted by Gasteiger charge is 2.38. The van der Waals surface area contributed by atoms with Crippen LogP contribution >= 0.6 is 0 Å². The van der Waals surface area contributed by atoms with Gasteiger partial charge < -0.3 is 10.2 Å². The molecule has 1 saturated carbocycles. The third kappa shape index (κ3) is 3.57. The minimum Gasteiger partial charge on any atom is -0.353 e. The van der Waals surface area contributed by atoms with E-state index in [0.29, 0.717) is 31.1 Å². The molecule has 0 radical (unpaired) electrons. The van der Waals surface area contributed by atoms with E-state index >= 15 is 0 Å². The lowest BCUT2D eigenvalue weighted by atomic mass is 9.85. The number of aromatic nitrogens is 4. The van der Waals surface area contributed by atoms with Gasteiger partial charge in [-0.25, -0.2) is 14.5 Å². The number of carbonyl (C=O) groups excluding carboxylic acids is 2. The predicted octanol–water partition coefficient (Wildman–Crippen LogP) is 2.22. The second-order valence-electron chi connectivity index (χ2n) is 10.2. The van der Waals surface area contributed by atoms with Gasteiger partial charge >= 0.3 is 0 Å². The van der Waals surface area contributed by atoms with Crippen molar-refractivity contribution in [1.29, 1.82) is 0 Å². The fourth-order valence-electron chi connectivity index (χ4n) is 5.10. The molecule has 6 rings (SSSR count). The van der Waals surface area contributed by atoms with E-state index in [2.05, 4.69) is 38.5 Å². The quantitative estimate of drug-likeness (QED) is 0.649. The Labute approximate surface area is 192 Å². The average Bonchev–Trinajstić information content (AvgIpc) is 3.20. The lowest BCUT2D eigenvalue weighted by Gasteiger charge is -2.17. The zero-order valence-electron chi connectivity index (χ0n) is 19.0. The number of ketones is 1. The number of hydrogen-bond donors (Lipinski definition) is 1. The molecule has 2 fully saturated rings. The van der Waals surface area contributed by atoms with Crippen molar-refractivity contribution in [3.63, 3.8) is 0 Å². The van der Waals surface area contributed by atoms with Crippen molar-refractivity contribution in [1.82, 2.24) is 24.9 Å². The Hall–Kier alpha value is -3.29. The molecule has 3 heterocycles. The lowest BCUT2D eigenvalue weighted by Crippen LogP contribution is -2.34. The summed E-state index contributed by atoms with van der Waals surface area (Å²) in [5.41, 5.74) is 3.65. The van der Waals surface area contributed by atoms with Crippen LogP contribution in [0.4, 0.5) is 5.82 Å². The summed E-state index contributed by atoms with van der Waals surface area (Å²) in [6.07, 6.45) is 7.66. The van der Waals surface area contributed by atoms with Crippen LogP contribution in [0.1, 0.15) is 55.6 Å². The summed E-state index contributed by atoms with van der Waals surface area (Å²) >= 11 is 0. The van der Waals surface area contributed by atoms with Gasteiger partial charge in [0.15, 0.2) is 17.3 Å². The van der Waals surface area contributed by atoms with Crippen molar-refractivity contribution >= 4 is 23.2 Å². The van der Waals surface area contributed by atoms with Gasteiger partial charge in [0.1, 0.15) is 5.78 Å². The molecule has 2 aromatic heterocycles. The van der Waals surface area contributed by atoms with Gasteiger partial charge in [0, 0.05) is 49.8 Å². The molecule has 1 saturated heterocycles. The topological polar surface area (TPSA) is 92.5 Å². The molecule has 1 aromatic carbocycles. The Morgan fingerprint density at radius 2 is 2.09 bits per heavy atom. The molecule has 3 aliphatic rings. The molecule has 170 valence electrons. The minimum atomic E-state index is -0.404. The molecule has 0 bridgehead atoms. The Kier molecular flexibility index (Phi) is 4.54. The molecular weight excluding hydrogens is 416 g/mol. The summed E-state index contributed by atoms with van der Waals surface area (Å²) in [5, 5.41) is 7.79. The van der Waals surface area contributed by atoms with Gasteiger partial charge in [-0.15, -0.1) is 0 Å². The highest BCUT2D eigenvalue weighted by atomic mass is 16.2. The average molecular weight is 445 g/mol. The van der Waals surface area contributed by atoms with E-state index in [0.717, 1.165) is 54.1 Å². The van der Waals surface area contributed by atoms with Gasteiger partial charge in [-0.3, -0.25) is 9.59 Å². The van der Waals surface area contributed by atoms with Gasteiger partial charge in [-0.2, -0.15) is 5.10 Å². The standard InChI is InChI=1S/C25H28N6O2/c1-25(2)19-6-3-15(11-17(19)13-20(25)32)12-21-28-23-22(26-8-10-31(23)29-21)30-9-7-16(14-30)24(33)27-18-4-5-18/h3,6,8,10-11,16,18H,4-5,7,9,12-14H2,1-2H3,(H,27,33). The highest BCUT2D eigenvalue weighted by molar-refractivity contribution is 5.95. The van der Waals surface area contributed by atoms with Gasteiger partial charge in [-0.1, -0.05) is 18.2 Å². The number of amides is 1. The highest BCUT2D eigenvalue weighted by Crippen LogP contribution is 2.36. The summed E-state index contributed by atoms with van der Waals surface area (Å²) in [5.74, 6) is 1.92. The molecule has 33 heavy (non-hydrogen) atoms. The fraction of sp³-hybridized carbons (Fsp3) is 0.480. The van der Waals surface area contributed by atoms with Crippen molar-refractivity contribution in [2.45, 2.75) is 57.4 Å². The second-order valence-corrected chi connectivity index (χ2v) is 10.2. The van der Waals surface area contributed by atoms with Crippen molar-refractivity contribution in [3.8, 4) is 0 Å². The van der Waals surface area contributed by atoms with E-state index in [1.54, 1.807) is 10.7 Å². The zero-order valence-corrected chi connectivity index (χ0v) is 19.0. The Bertz CT molecular complexity index is 1280. The smallest absolute Gasteiger partial charge is 0.225 e. The molecule has 0 spiro atoms. The third-order valence-corrected chi connectivity index (χ3v) is 7.32. The number of anilines is 1. The summed E-state index contributed by atoms with van der Waals surface area (Å²) in [6.45, 7) is 5.43. The minimum absolute atomic E-state index is 0.00609. The maximum atomic E-state index is 12.5. The van der Waals surface area contributed by atoms with Crippen molar-refractivity contribution in [2.24, 2.45) is 5.92 Å². The maximum Gasteiger partial charge on any atom is 0.225 e. The number of nitrogens with zero attached hydrogens (tertiary/aromatic N) is 5. The van der Waals surface area contributed by atoms with E-state index in [1.807, 2.05) is 20.0 Å². The number of hydrogen-bond acceptors (Lipinski definition) is 6. The first-order valence-electron chi connectivity index (χ1n) is 11.8. The number of fused-ring (bicyclic) bond motifs is 2. The number of rotatable bonds is 5. The molecule has 1 atom stereocenters. The van der Waals surface area contributed by atoms with Gasteiger partial charge in [0.05, 0.1) is 5.92 Å². The molecule has 1 unspecified atom stereocenters. The fourth-order valence-corrected chi connectivity index (χ4v) is 5.10. The monoisotopic (exact) mass is 444 g/mol. The molecule has 1 N–H and O–H groups in total. The van der Waals surface area contributed by atoms with Crippen molar-refractivity contribution < 1.29 is 9.59 Å². The molecule has 3 aromatic rings. The van der Waals surface area contributed by atoms with E-state index in [9.17, 15) is 9.59 Å². The third-order valence-electron chi connectivity index (χ3n) is 7.32. The predicted molar refractivity (Wildman–Crippen MR) is 123 cm³/mol. The van der Waals surface area contributed by atoms with E-state index in [1.165, 1.54) is 0 Å². The molecular formula is C25H28N6O2. The van der Waals surface area contributed by atoms with Crippen LogP contribution in [0, 0.1) is 5.92 Å². The van der Waals surface area contributed by atoms with Crippen LogP contribution in [-0.4, -0.2) is 50.4 Å². The molecule has 1 amide bonds. The van der Waals surface area contributed by atoms with Crippen LogP contribution in [0.5, 0.6) is 0 Å². The van der Waals surface area contributed by atoms with E-state index in [-0.39, 0.29) is 17.6 Å². The SMILES string of the molecule is CC1(C)C(=O)Cc2cc(Cc3nc4c(N5CCC(C(=O)NC6CC6)C5)nccn4n3)ccc21. The Morgan fingerprint density at radius 3 is 2.91 bits per heavy atom. The van der Waals surface area contributed by atoms with Gasteiger partial charge in [-0.05, 0) is 49.8 Å². The molecule has 2 aliphatic carbocycles. The number of nitrogens with one attached hydrogen (secondary N) is 1. The van der Waals surface area contributed by atoms with Crippen LogP contribution in [0.3, 0.4) is 0 Å². The molecule has 8 nitrogen and oxygen atoms in total. The summed E-state index contributed by atoms with van der Waals surface area (Å²) in [7, 11) is 0. The van der Waals surface area contributed by atoms with Crippen LogP contribution in [-0.2, 0) is 27.8 Å². The van der Waals surface area contributed by atoms with Crippen LogP contribution in [0.2, 0.25) is 0 Å². The maximum absolute atomic E-state index is 12.5. The van der Waals surface area contributed by atoms with Crippen molar-refractivity contribution in [3.05, 3.63) is 53.1 Å². The van der Waals surface area contributed by atoms with Crippen molar-refractivity contribution in [2.75, 3.05) is 18.0 Å². The lowest BCUT2D eigenvalue weighted by molar-refractivity contribution is -0.124. The van der Waals surface area contributed by atoms with Gasteiger partial charge in [0.25, 0.3) is 0 Å². The summed E-state index contributed by atoms with van der Waals surface area (Å²) in [6, 6.07) is 6.66. The summed E-state index contributed by atoms with van der Waals surface area (Å²) in [4.78, 5) is 36.4. The number of benzene rings is 1. The largest absolute Gasteiger partial charge is 0.353 e. The zero-order chi connectivity index (χ0) is 22.7. The Morgan fingerprint density at radius 1 is 1.24 bits per heavy atom. The first kappa shape index (κ1) is 20.3. The van der Waals surface area contributed by atoms with E-state index < -0.39 is 5.41 Å². The second kappa shape index (κ2) is 7.37. The summed E-state index contributed by atoms with van der Waals surface area (Å²) < 4.78 is 1.77. The normalized spacial score (nSPS) is 21.6. The number of Topliss-reactive ketones (excluding diaryl/α,β-unsaturated/α-hetero) is 1. The molecule has 1 aliphatic heterocycles. The molecule has 8 heteroatoms. The van der Waals surface area contributed by atoms with Crippen LogP contribution in [0.15, 0.2) is 30.6 Å². The Balaban J connectivity index is 1.22. The van der Waals surface area contributed by atoms with Crippen LogP contribution in [0.25, 0.3) is 5.65 Å². The number of carbonyl (C=O) groups is 2.